The van der Waals surface area contributed by atoms with Crippen LogP contribution in [0.15, 0.2) is 0 Å². The Morgan fingerprint density at radius 3 is 1.60 bits per heavy atom. The van der Waals surface area contributed by atoms with E-state index in [2.05, 4.69) is 0 Å². The molecule has 5 heavy (non-hydrogen) atoms. The van der Waals surface area contributed by atoms with Crippen LogP contribution in [0.1, 0.15) is 0 Å². The molecule has 0 aliphatic carbocycles. The van der Waals surface area contributed by atoms with Gasteiger partial charge in [0.2, 0.25) is 0 Å². The molecule has 0 heterocycles. The minimum atomic E-state index is -0.250. The second-order valence-electron chi connectivity index (χ2n) is 0.105. The van der Waals surface area contributed by atoms with E-state index in [-0.39, 0.29) is 18.1 Å². The molecule has 0 aliphatic rings. The van der Waals surface area contributed by atoms with Gasteiger partial charge in [0.05, 0.1) is 0 Å². The van der Waals surface area contributed by atoms with Crippen molar-refractivity contribution in [1.29, 1.82) is 0 Å². The maximum Gasteiger partial charge on any atom is 0.290 e. The van der Waals surface area contributed by atoms with E-state index in [0.29, 0.717) is 0 Å². The number of carbonyl (C=O) groups is 1. The average molecular weight is 81.1 g/mol. The van der Waals surface area contributed by atoms with Crippen molar-refractivity contribution in [2.45, 2.75) is 0 Å². The summed E-state index contributed by atoms with van der Waals surface area (Å²) in [6.45, 7) is -0.250. The first-order valence-corrected chi connectivity index (χ1v) is 0.494. The van der Waals surface area contributed by atoms with Gasteiger partial charge in [-0.15, -0.1) is 0 Å². The van der Waals surface area contributed by atoms with E-state index in [0.717, 1.165) is 0 Å². The molecule has 0 aromatic rings. The Balaban J connectivity index is -0.0000000200. The molecule has 0 amide bonds. The average Bonchev–Trinajstić information content (AvgIpc) is 0.918. The van der Waals surface area contributed by atoms with Crippen molar-refractivity contribution in [2.75, 3.05) is 0 Å². The summed E-state index contributed by atoms with van der Waals surface area (Å²) in [5.74, 6) is 0. The Kier molecular flexibility index (Phi) is 665. The van der Waals surface area contributed by atoms with Crippen molar-refractivity contribution in [2.24, 2.45) is 0 Å². The molecule has 0 aromatic carbocycles. The van der Waals surface area contributed by atoms with Gasteiger partial charge >= 0.3 is 0 Å². The first kappa shape index (κ1) is 26.1. The van der Waals surface area contributed by atoms with Crippen molar-refractivity contribution < 1.29 is 15.4 Å². The van der Waals surface area contributed by atoms with Crippen molar-refractivity contribution in [3.05, 3.63) is 0 Å². The molecule has 4 nitrogen and oxygen atoms in total. The normalized spacial score (nSPS) is 2.40. The van der Waals surface area contributed by atoms with Crippen LogP contribution in [0.4, 0.5) is 0 Å². The second-order valence-corrected chi connectivity index (χ2v) is 0.105. The van der Waals surface area contributed by atoms with Crippen LogP contribution in [0.2, 0.25) is 0 Å². The molecule has 0 bridgehead atoms. The number of carboxylic acid groups (broad SMARTS) is 1. The molecule has 0 fully saturated rings. The van der Waals surface area contributed by atoms with E-state index < -0.39 is 0 Å². The summed E-state index contributed by atoms with van der Waals surface area (Å²) in [6, 6.07) is 0. The van der Waals surface area contributed by atoms with Crippen molar-refractivity contribution in [3.8, 4) is 0 Å². The van der Waals surface area contributed by atoms with Crippen molar-refractivity contribution in [1.82, 2.24) is 6.15 Å². The Morgan fingerprint density at radius 1 is 1.60 bits per heavy atom. The third kappa shape index (κ3) is 17.6. The molecule has 0 spiro atoms. The number of rotatable bonds is 0. The zero-order valence-electron chi connectivity index (χ0n) is 2.64. The van der Waals surface area contributed by atoms with Gasteiger partial charge in [-0.3, -0.25) is 4.79 Å². The smallest absolute Gasteiger partial charge is 0.290 e. The lowest BCUT2D eigenvalue weighted by Gasteiger charge is -1.34. The Bertz CT molecular complexity index is 14.4. The van der Waals surface area contributed by atoms with Gasteiger partial charge in [-0.25, -0.2) is 0 Å². The summed E-state index contributed by atoms with van der Waals surface area (Å²) >= 11 is 0. The van der Waals surface area contributed by atoms with E-state index in [1.54, 1.807) is 0 Å². The van der Waals surface area contributed by atoms with Crippen molar-refractivity contribution >= 4 is 6.47 Å². The van der Waals surface area contributed by atoms with Gasteiger partial charge in [0.25, 0.3) is 6.47 Å². The summed E-state index contributed by atoms with van der Waals surface area (Å²) in [7, 11) is 0. The van der Waals surface area contributed by atoms with E-state index in [4.69, 9.17) is 9.90 Å². The standard InChI is InChI=1S/CH2O2.H3N.H2O/c2-1-3;;/h1H,(H,2,3);1H3;1H2. The highest BCUT2D eigenvalue weighted by molar-refractivity contribution is 5.32. The van der Waals surface area contributed by atoms with Crippen LogP contribution in [0, 0.1) is 0 Å². The van der Waals surface area contributed by atoms with Gasteiger partial charge in [0.1, 0.15) is 0 Å². The van der Waals surface area contributed by atoms with Gasteiger partial charge in [0, 0.05) is 0 Å². The zero-order valence-corrected chi connectivity index (χ0v) is 2.64. The van der Waals surface area contributed by atoms with Gasteiger partial charge < -0.3 is 16.7 Å². The Morgan fingerprint density at radius 2 is 1.60 bits per heavy atom. The molecule has 0 saturated carbocycles. The van der Waals surface area contributed by atoms with E-state index >= 15 is 0 Å². The molecule has 0 aromatic heterocycles. The van der Waals surface area contributed by atoms with Gasteiger partial charge in [-0.05, 0) is 0 Å². The minimum Gasteiger partial charge on any atom is -0.483 e. The van der Waals surface area contributed by atoms with Gasteiger partial charge in [-0.2, -0.15) is 0 Å². The molecule has 0 radical (unpaired) electrons. The maximum atomic E-state index is 8.36. The minimum absolute atomic E-state index is 0. The predicted molar refractivity (Wildman–Crippen MR) is 17.3 cm³/mol. The Hall–Kier alpha value is -0.610. The fourth-order valence-electron chi connectivity index (χ4n) is 0. The van der Waals surface area contributed by atoms with Crippen LogP contribution in [0.25, 0.3) is 0 Å². The molecule has 0 atom stereocenters. The van der Waals surface area contributed by atoms with Crippen LogP contribution in [0.5, 0.6) is 0 Å². The van der Waals surface area contributed by atoms with E-state index in [1.165, 1.54) is 0 Å². The fraction of sp³-hybridized carbons (Fsp3) is 0. The summed E-state index contributed by atoms with van der Waals surface area (Å²) in [5, 5.41) is 6.89. The largest absolute Gasteiger partial charge is 0.483 e. The van der Waals surface area contributed by atoms with Crippen LogP contribution < -0.4 is 6.15 Å². The zero-order chi connectivity index (χ0) is 2.71. The SMILES string of the molecule is N.O.O=CO. The first-order chi connectivity index (χ1) is 1.41. The first-order valence-electron chi connectivity index (χ1n) is 0.494. The molecule has 0 rings (SSSR count). The Labute approximate surface area is 29.3 Å². The summed E-state index contributed by atoms with van der Waals surface area (Å²) in [5.41, 5.74) is 0. The molecular formula is CH7NO3. The topological polar surface area (TPSA) is 104 Å². The number of hydrogen-bond acceptors (Lipinski definition) is 2. The highest BCUT2D eigenvalue weighted by atomic mass is 16.3. The third-order valence-corrected chi connectivity index (χ3v) is 0. The lowest BCUT2D eigenvalue weighted by molar-refractivity contribution is -0.122. The van der Waals surface area contributed by atoms with Crippen LogP contribution in [0.3, 0.4) is 0 Å². The van der Waals surface area contributed by atoms with E-state index in [1.807, 2.05) is 0 Å². The lowest BCUT2D eigenvalue weighted by atomic mass is 11.7. The van der Waals surface area contributed by atoms with Gasteiger partial charge in [-0.1, -0.05) is 0 Å². The summed E-state index contributed by atoms with van der Waals surface area (Å²) in [4.78, 5) is 8.36. The summed E-state index contributed by atoms with van der Waals surface area (Å²) in [6.07, 6.45) is 0. The maximum absolute atomic E-state index is 8.36. The van der Waals surface area contributed by atoms with Crippen LogP contribution >= 0.6 is 0 Å². The predicted octanol–water partition coefficient (Wildman–Crippen LogP) is -0.962. The second kappa shape index (κ2) is 127. The van der Waals surface area contributed by atoms with Crippen LogP contribution in [-0.2, 0) is 4.79 Å². The monoisotopic (exact) mass is 81.0 g/mol. The lowest BCUT2D eigenvalue weighted by Crippen LogP contribution is -1.49. The van der Waals surface area contributed by atoms with E-state index in [9.17, 15) is 0 Å². The molecule has 0 unspecified atom stereocenters. The molecule has 34 valence electrons. The van der Waals surface area contributed by atoms with Crippen LogP contribution in [-0.4, -0.2) is 17.1 Å². The summed E-state index contributed by atoms with van der Waals surface area (Å²) < 4.78 is 0. The highest BCUT2D eigenvalue weighted by Crippen LogP contribution is 0.966. The van der Waals surface area contributed by atoms with Gasteiger partial charge in [0.15, 0.2) is 0 Å². The molecule has 4 heteroatoms. The molecule has 0 saturated heterocycles. The molecule has 6 N–H and O–H groups in total. The molecule has 0 aliphatic heterocycles. The highest BCUT2D eigenvalue weighted by Gasteiger charge is 1.22. The van der Waals surface area contributed by atoms with Crippen molar-refractivity contribution in [3.63, 3.8) is 0 Å². The fourth-order valence-corrected chi connectivity index (χ4v) is 0. The molecular weight excluding hydrogens is 74.0 g/mol. The number of hydrogen-bond donors (Lipinski definition) is 2. The third-order valence-electron chi connectivity index (χ3n) is 0. The quantitative estimate of drug-likeness (QED) is 0.367.